The van der Waals surface area contributed by atoms with Gasteiger partial charge in [0.1, 0.15) is 17.2 Å². The predicted molar refractivity (Wildman–Crippen MR) is 134 cm³/mol. The smallest absolute Gasteiger partial charge is 0.219 e. The summed E-state index contributed by atoms with van der Waals surface area (Å²) in [6.45, 7) is 0. The van der Waals surface area contributed by atoms with Crippen LogP contribution in [0.3, 0.4) is 0 Å². The molecule has 0 saturated carbocycles. The molecule has 0 amide bonds. The molecule has 174 valence electrons. The van der Waals surface area contributed by atoms with E-state index in [-0.39, 0.29) is 17.4 Å². The maximum absolute atomic E-state index is 11.4. The second-order valence-electron chi connectivity index (χ2n) is 9.10. The first-order valence-electron chi connectivity index (χ1n) is 11.8. The van der Waals surface area contributed by atoms with Crippen molar-refractivity contribution in [3.8, 4) is 28.6 Å². The Morgan fingerprint density at radius 3 is 2.23 bits per heavy atom. The van der Waals surface area contributed by atoms with E-state index in [4.69, 9.17) is 9.97 Å². The lowest BCUT2D eigenvalue weighted by Gasteiger charge is -2.14. The largest absolute Gasteiger partial charge is 0.508 e. The molecule has 6 heteroatoms. The van der Waals surface area contributed by atoms with E-state index < -0.39 is 0 Å². The molecule has 3 aromatic carbocycles. The van der Waals surface area contributed by atoms with Gasteiger partial charge >= 0.3 is 0 Å². The molecule has 3 N–H and O–H groups in total. The molecule has 35 heavy (non-hydrogen) atoms. The maximum Gasteiger partial charge on any atom is 0.219 e. The van der Waals surface area contributed by atoms with E-state index in [1.165, 1.54) is 0 Å². The topological polar surface area (TPSA) is 90.9 Å². The number of hydrogen-bond donors (Lipinski definition) is 3. The zero-order valence-electron chi connectivity index (χ0n) is 19.1. The zero-order chi connectivity index (χ0) is 23.9. The van der Waals surface area contributed by atoms with Crippen LogP contribution in [0.15, 0.2) is 72.8 Å². The van der Waals surface area contributed by atoms with Crippen LogP contribution in [0.5, 0.6) is 17.4 Å². The molecule has 2 aromatic heterocycles. The third kappa shape index (κ3) is 3.87. The van der Waals surface area contributed by atoms with Crippen molar-refractivity contribution in [3.05, 3.63) is 107 Å². The van der Waals surface area contributed by atoms with Gasteiger partial charge in [-0.25, -0.2) is 9.97 Å². The minimum atomic E-state index is 0.128. The van der Waals surface area contributed by atoms with E-state index >= 15 is 0 Å². The number of benzene rings is 3. The summed E-state index contributed by atoms with van der Waals surface area (Å²) in [5.74, 6) is 0.583. The molecule has 0 atom stereocenters. The molecule has 0 aliphatic heterocycles. The average Bonchev–Trinajstić information content (AvgIpc) is 3.07. The van der Waals surface area contributed by atoms with Gasteiger partial charge in [-0.3, -0.25) is 4.40 Å². The van der Waals surface area contributed by atoms with Crippen molar-refractivity contribution in [2.24, 2.45) is 0 Å². The van der Waals surface area contributed by atoms with Crippen molar-refractivity contribution < 1.29 is 15.3 Å². The van der Waals surface area contributed by atoms with Crippen LogP contribution in [0.2, 0.25) is 0 Å². The highest BCUT2D eigenvalue weighted by Crippen LogP contribution is 2.37. The van der Waals surface area contributed by atoms with Crippen LogP contribution in [-0.4, -0.2) is 29.7 Å². The predicted octanol–water partition coefficient (Wildman–Crippen LogP) is 5.18. The van der Waals surface area contributed by atoms with E-state index in [1.54, 1.807) is 18.2 Å². The van der Waals surface area contributed by atoms with E-state index in [1.807, 2.05) is 46.9 Å². The van der Waals surface area contributed by atoms with E-state index in [2.05, 4.69) is 12.1 Å². The Balaban J connectivity index is 1.57. The molecule has 0 fully saturated rings. The van der Waals surface area contributed by atoms with Crippen molar-refractivity contribution in [3.63, 3.8) is 0 Å². The van der Waals surface area contributed by atoms with Gasteiger partial charge < -0.3 is 15.3 Å². The Morgan fingerprint density at radius 1 is 0.714 bits per heavy atom. The second kappa shape index (κ2) is 8.47. The molecule has 1 aliphatic carbocycles. The van der Waals surface area contributed by atoms with Gasteiger partial charge in [-0.15, -0.1) is 0 Å². The van der Waals surface area contributed by atoms with Gasteiger partial charge in [-0.1, -0.05) is 42.5 Å². The lowest BCUT2D eigenvalue weighted by Crippen LogP contribution is -2.07. The summed E-state index contributed by atoms with van der Waals surface area (Å²) >= 11 is 0. The number of aryl methyl sites for hydroxylation is 2. The first-order valence-corrected chi connectivity index (χ1v) is 11.8. The fourth-order valence-electron chi connectivity index (χ4n) is 5.01. The van der Waals surface area contributed by atoms with Crippen molar-refractivity contribution in [1.82, 2.24) is 14.4 Å². The highest BCUT2D eigenvalue weighted by atomic mass is 16.3. The summed E-state index contributed by atoms with van der Waals surface area (Å²) in [6.07, 6.45) is 3.47. The summed E-state index contributed by atoms with van der Waals surface area (Å²) < 4.78 is 1.87. The first kappa shape index (κ1) is 21.2. The molecule has 0 spiro atoms. The standard InChI is InChI=1S/C29H25N3O3/c33-21-11-9-19(10-12-21)16-25-29(35)32-26-8-4-7-20-17-22(34)13-14-23(20)27(26)30-24(28(32)31-25)15-18-5-2-1-3-6-18/h1-3,5-6,9-14,17,33-35H,4,7-8,15-16H2. The second-order valence-corrected chi connectivity index (χ2v) is 9.10. The molecular formula is C29H25N3O3. The molecule has 6 nitrogen and oxygen atoms in total. The number of fused-ring (bicyclic) bond motifs is 5. The highest BCUT2D eigenvalue weighted by Gasteiger charge is 2.25. The molecular weight excluding hydrogens is 438 g/mol. The number of aromatic nitrogens is 3. The minimum Gasteiger partial charge on any atom is -0.508 e. The van der Waals surface area contributed by atoms with Gasteiger partial charge in [0.05, 0.1) is 17.1 Å². The Hall–Kier alpha value is -4.32. The minimum absolute atomic E-state index is 0.128. The highest BCUT2D eigenvalue weighted by molar-refractivity contribution is 5.71. The fourth-order valence-corrected chi connectivity index (χ4v) is 5.01. The van der Waals surface area contributed by atoms with Gasteiger partial charge in [0.25, 0.3) is 0 Å². The van der Waals surface area contributed by atoms with Crippen LogP contribution < -0.4 is 0 Å². The van der Waals surface area contributed by atoms with Crippen LogP contribution in [0.4, 0.5) is 0 Å². The Kier molecular flexibility index (Phi) is 5.14. The summed E-state index contributed by atoms with van der Waals surface area (Å²) in [7, 11) is 0. The number of nitrogens with zero attached hydrogens (tertiary/aromatic N) is 3. The van der Waals surface area contributed by atoms with Crippen LogP contribution in [0, 0.1) is 0 Å². The third-order valence-electron chi connectivity index (χ3n) is 6.70. The molecule has 1 aliphatic rings. The number of rotatable bonds is 4. The zero-order valence-corrected chi connectivity index (χ0v) is 19.1. The molecule has 0 bridgehead atoms. The van der Waals surface area contributed by atoms with Crippen molar-refractivity contribution in [1.29, 1.82) is 0 Å². The van der Waals surface area contributed by atoms with Crippen molar-refractivity contribution in [2.45, 2.75) is 32.1 Å². The molecule has 0 saturated heterocycles. The van der Waals surface area contributed by atoms with Gasteiger partial charge in [-0.05, 0) is 66.3 Å². The van der Waals surface area contributed by atoms with Crippen LogP contribution in [0.25, 0.3) is 16.9 Å². The Morgan fingerprint density at radius 2 is 1.43 bits per heavy atom. The van der Waals surface area contributed by atoms with Gasteiger partial charge in [-0.2, -0.15) is 0 Å². The molecule has 0 unspecified atom stereocenters. The molecule has 5 aromatic rings. The van der Waals surface area contributed by atoms with E-state index in [0.717, 1.165) is 58.6 Å². The van der Waals surface area contributed by atoms with Crippen molar-refractivity contribution in [2.75, 3.05) is 0 Å². The third-order valence-corrected chi connectivity index (χ3v) is 6.70. The van der Waals surface area contributed by atoms with Crippen LogP contribution in [-0.2, 0) is 25.7 Å². The summed E-state index contributed by atoms with van der Waals surface area (Å²) in [4.78, 5) is 10.0. The van der Waals surface area contributed by atoms with Crippen LogP contribution >= 0.6 is 0 Å². The van der Waals surface area contributed by atoms with Crippen molar-refractivity contribution >= 4 is 5.65 Å². The summed E-state index contributed by atoms with van der Waals surface area (Å²) in [6, 6.07) is 22.5. The first-order chi connectivity index (χ1) is 17.1. The fraction of sp³-hybridized carbons (Fsp3) is 0.172. The number of phenols is 2. The normalized spacial score (nSPS) is 12.8. The van der Waals surface area contributed by atoms with Crippen LogP contribution in [0.1, 0.15) is 40.2 Å². The maximum atomic E-state index is 11.4. The molecule has 0 radical (unpaired) electrons. The SMILES string of the molecule is Oc1ccc(Cc2nc3c(Cc4ccccc4)nc4c(n3c2O)CCCc2cc(O)ccc2-4)cc1. The molecule has 2 heterocycles. The Bertz CT molecular complexity index is 1540. The van der Waals surface area contributed by atoms with E-state index in [0.29, 0.717) is 24.2 Å². The summed E-state index contributed by atoms with van der Waals surface area (Å²) in [5, 5.41) is 31.1. The summed E-state index contributed by atoms with van der Waals surface area (Å²) in [5.41, 5.74) is 7.92. The monoisotopic (exact) mass is 463 g/mol. The quantitative estimate of drug-likeness (QED) is 0.342. The van der Waals surface area contributed by atoms with Gasteiger partial charge in [0, 0.05) is 18.4 Å². The number of hydrogen-bond acceptors (Lipinski definition) is 5. The van der Waals surface area contributed by atoms with E-state index in [9.17, 15) is 15.3 Å². The number of imidazole rings is 1. The van der Waals surface area contributed by atoms with Gasteiger partial charge in [0.15, 0.2) is 5.65 Å². The lowest BCUT2D eigenvalue weighted by molar-refractivity contribution is 0.439. The Labute approximate surface area is 202 Å². The lowest BCUT2D eigenvalue weighted by atomic mass is 10.0. The molecule has 6 rings (SSSR count). The number of aromatic hydroxyl groups is 3. The van der Waals surface area contributed by atoms with Gasteiger partial charge in [0.2, 0.25) is 5.88 Å². The average molecular weight is 464 g/mol. The number of phenolic OH excluding ortho intramolecular Hbond substituents is 2.